The van der Waals surface area contributed by atoms with E-state index in [0.29, 0.717) is 12.7 Å². The summed E-state index contributed by atoms with van der Waals surface area (Å²) in [4.78, 5) is 10.5. The minimum atomic E-state index is 0.308. The second-order valence-corrected chi connectivity index (χ2v) is 6.59. The lowest BCUT2D eigenvalue weighted by Gasteiger charge is -2.15. The molecule has 9 nitrogen and oxygen atoms in total. The summed E-state index contributed by atoms with van der Waals surface area (Å²) in [6.07, 6.45) is 4.06. The summed E-state index contributed by atoms with van der Waals surface area (Å²) >= 11 is 1.36. The Kier molecular flexibility index (Phi) is 4.93. The number of aromatic nitrogens is 5. The van der Waals surface area contributed by atoms with E-state index in [-0.39, 0.29) is 0 Å². The summed E-state index contributed by atoms with van der Waals surface area (Å²) < 4.78 is 16.6. The summed E-state index contributed by atoms with van der Waals surface area (Å²) in [5.74, 6) is 2.19. The van der Waals surface area contributed by atoms with Crippen LogP contribution in [0.25, 0.3) is 5.95 Å². The molecule has 1 aromatic carbocycles. The SMILES string of the molecule is CN(CCCNCc1ccc2c(c1)OCO2)c1nc(-n2cncn2)ns1. The van der Waals surface area contributed by atoms with Crippen LogP contribution in [-0.4, -0.2) is 51.1 Å². The molecule has 0 unspecified atom stereocenters. The molecule has 0 bridgehead atoms. The Morgan fingerprint density at radius 3 is 3.12 bits per heavy atom. The molecule has 1 N–H and O–H groups in total. The van der Waals surface area contributed by atoms with Crippen LogP contribution in [-0.2, 0) is 6.54 Å². The van der Waals surface area contributed by atoms with E-state index in [1.165, 1.54) is 23.4 Å². The monoisotopic (exact) mass is 373 g/mol. The van der Waals surface area contributed by atoms with Crippen molar-refractivity contribution >= 4 is 16.7 Å². The zero-order valence-corrected chi connectivity index (χ0v) is 15.1. The molecule has 1 aliphatic heterocycles. The van der Waals surface area contributed by atoms with E-state index in [0.717, 1.165) is 42.7 Å². The van der Waals surface area contributed by atoms with Crippen LogP contribution in [0.1, 0.15) is 12.0 Å². The Morgan fingerprint density at radius 2 is 2.23 bits per heavy atom. The number of hydrogen-bond donors (Lipinski definition) is 1. The summed E-state index contributed by atoms with van der Waals surface area (Å²) in [5, 5.41) is 8.35. The highest BCUT2D eigenvalue weighted by Gasteiger charge is 2.13. The molecular formula is C16H19N7O2S. The lowest BCUT2D eigenvalue weighted by molar-refractivity contribution is 0.174. The average molecular weight is 373 g/mol. The molecule has 0 aliphatic carbocycles. The molecule has 0 atom stereocenters. The molecule has 0 fully saturated rings. The molecule has 0 saturated heterocycles. The van der Waals surface area contributed by atoms with Crippen molar-refractivity contribution in [2.75, 3.05) is 31.8 Å². The molecule has 0 radical (unpaired) electrons. The Balaban J connectivity index is 1.20. The predicted octanol–water partition coefficient (Wildman–Crippen LogP) is 1.46. The topological polar surface area (TPSA) is 90.2 Å². The molecular weight excluding hydrogens is 354 g/mol. The van der Waals surface area contributed by atoms with Gasteiger partial charge in [-0.3, -0.25) is 0 Å². The highest BCUT2D eigenvalue weighted by atomic mass is 32.1. The van der Waals surface area contributed by atoms with Gasteiger partial charge in [-0.2, -0.15) is 14.8 Å². The zero-order chi connectivity index (χ0) is 17.8. The third kappa shape index (κ3) is 3.75. The van der Waals surface area contributed by atoms with Gasteiger partial charge >= 0.3 is 0 Å². The first-order valence-electron chi connectivity index (χ1n) is 8.29. The number of anilines is 1. The van der Waals surface area contributed by atoms with E-state index in [9.17, 15) is 0 Å². The summed E-state index contributed by atoms with van der Waals surface area (Å²) in [6, 6.07) is 6.03. The second kappa shape index (κ2) is 7.67. The molecule has 1 aliphatic rings. The third-order valence-electron chi connectivity index (χ3n) is 3.97. The molecule has 10 heteroatoms. The van der Waals surface area contributed by atoms with Gasteiger partial charge in [-0.15, -0.1) is 4.37 Å². The number of rotatable bonds is 8. The van der Waals surface area contributed by atoms with Crippen molar-refractivity contribution in [2.45, 2.75) is 13.0 Å². The quantitative estimate of drug-likeness (QED) is 0.594. The second-order valence-electron chi connectivity index (χ2n) is 5.86. The van der Waals surface area contributed by atoms with Crippen LogP contribution < -0.4 is 19.7 Å². The molecule has 3 heterocycles. The number of hydrogen-bond acceptors (Lipinski definition) is 9. The van der Waals surface area contributed by atoms with E-state index in [1.807, 2.05) is 19.2 Å². The number of fused-ring (bicyclic) bond motifs is 1. The first-order chi connectivity index (χ1) is 12.8. The van der Waals surface area contributed by atoms with Crippen molar-refractivity contribution in [1.82, 2.24) is 29.4 Å². The van der Waals surface area contributed by atoms with Gasteiger partial charge in [0.05, 0.1) is 0 Å². The van der Waals surface area contributed by atoms with Crippen LogP contribution >= 0.6 is 11.5 Å². The van der Waals surface area contributed by atoms with Gasteiger partial charge in [0.25, 0.3) is 5.95 Å². The van der Waals surface area contributed by atoms with Crippen molar-refractivity contribution in [3.8, 4) is 17.4 Å². The third-order valence-corrected chi connectivity index (χ3v) is 4.79. The minimum absolute atomic E-state index is 0.308. The van der Waals surface area contributed by atoms with Crippen molar-refractivity contribution < 1.29 is 9.47 Å². The first-order valence-corrected chi connectivity index (χ1v) is 9.06. The van der Waals surface area contributed by atoms with Gasteiger partial charge in [0, 0.05) is 31.7 Å². The van der Waals surface area contributed by atoms with Crippen LogP contribution in [0.15, 0.2) is 30.9 Å². The summed E-state index contributed by atoms with van der Waals surface area (Å²) in [7, 11) is 2.02. The summed E-state index contributed by atoms with van der Waals surface area (Å²) in [6.45, 7) is 2.91. The fourth-order valence-electron chi connectivity index (χ4n) is 2.59. The maximum Gasteiger partial charge on any atom is 0.265 e. The average Bonchev–Trinajstić information content (AvgIpc) is 3.41. The Labute approximate surface area is 154 Å². The molecule has 3 aromatic rings. The first kappa shape index (κ1) is 16.7. The van der Waals surface area contributed by atoms with E-state index >= 15 is 0 Å². The smallest absolute Gasteiger partial charge is 0.265 e. The van der Waals surface area contributed by atoms with Gasteiger partial charge in [-0.25, -0.2) is 4.98 Å². The van der Waals surface area contributed by atoms with Crippen LogP contribution in [0.3, 0.4) is 0 Å². The number of ether oxygens (including phenoxy) is 2. The van der Waals surface area contributed by atoms with Crippen LogP contribution in [0.5, 0.6) is 11.5 Å². The number of nitrogens with one attached hydrogen (secondary N) is 1. The van der Waals surface area contributed by atoms with Crippen molar-refractivity contribution in [2.24, 2.45) is 0 Å². The molecule has 0 amide bonds. The largest absolute Gasteiger partial charge is 0.454 e. The molecule has 4 rings (SSSR count). The Bertz CT molecular complexity index is 852. The van der Waals surface area contributed by atoms with Gasteiger partial charge in [0.2, 0.25) is 11.9 Å². The van der Waals surface area contributed by atoms with Crippen molar-refractivity contribution in [3.63, 3.8) is 0 Å². The van der Waals surface area contributed by atoms with Crippen molar-refractivity contribution in [3.05, 3.63) is 36.4 Å². The Morgan fingerprint density at radius 1 is 1.31 bits per heavy atom. The fourth-order valence-corrected chi connectivity index (χ4v) is 3.23. The van der Waals surface area contributed by atoms with E-state index in [4.69, 9.17) is 9.47 Å². The van der Waals surface area contributed by atoms with E-state index < -0.39 is 0 Å². The molecule has 0 saturated carbocycles. The Hall–Kier alpha value is -2.72. The lowest BCUT2D eigenvalue weighted by Crippen LogP contribution is -2.23. The number of benzene rings is 1. The molecule has 0 spiro atoms. The number of nitrogens with zero attached hydrogens (tertiary/aromatic N) is 6. The van der Waals surface area contributed by atoms with Crippen LogP contribution in [0.2, 0.25) is 0 Å². The maximum absolute atomic E-state index is 5.40. The van der Waals surface area contributed by atoms with E-state index in [2.05, 4.69) is 35.7 Å². The summed E-state index contributed by atoms with van der Waals surface area (Å²) in [5.41, 5.74) is 1.18. The maximum atomic E-state index is 5.40. The molecule has 2 aromatic heterocycles. The van der Waals surface area contributed by atoms with Gasteiger partial charge < -0.3 is 19.7 Å². The van der Waals surface area contributed by atoms with Crippen molar-refractivity contribution in [1.29, 1.82) is 0 Å². The predicted molar refractivity (Wildman–Crippen MR) is 97.0 cm³/mol. The van der Waals surface area contributed by atoms with Gasteiger partial charge in [0.1, 0.15) is 12.7 Å². The normalized spacial score (nSPS) is 12.5. The van der Waals surface area contributed by atoms with E-state index in [1.54, 1.807) is 11.0 Å². The molecule has 26 heavy (non-hydrogen) atoms. The highest BCUT2D eigenvalue weighted by molar-refractivity contribution is 7.09. The van der Waals surface area contributed by atoms with Crippen LogP contribution in [0, 0.1) is 0 Å². The van der Waals surface area contributed by atoms with Gasteiger partial charge in [0.15, 0.2) is 11.5 Å². The fraction of sp³-hybridized carbons (Fsp3) is 0.375. The van der Waals surface area contributed by atoms with Crippen LogP contribution in [0.4, 0.5) is 5.13 Å². The van der Waals surface area contributed by atoms with Gasteiger partial charge in [-0.1, -0.05) is 6.07 Å². The lowest BCUT2D eigenvalue weighted by atomic mass is 10.2. The highest BCUT2D eigenvalue weighted by Crippen LogP contribution is 2.32. The standard InChI is InChI=1S/C16H19N7O2S/c1-22(16-20-15(21-26-16)23-10-18-9-19-23)6-2-5-17-8-12-3-4-13-14(7-12)25-11-24-13/h3-4,7,9-10,17H,2,5-6,8,11H2,1H3. The zero-order valence-electron chi connectivity index (χ0n) is 14.3. The molecule has 136 valence electrons. The minimum Gasteiger partial charge on any atom is -0.454 e. The van der Waals surface area contributed by atoms with Gasteiger partial charge in [-0.05, 0) is 30.7 Å².